The number of ether oxygens (including phenoxy) is 2. The molecule has 2 rings (SSSR count). The van der Waals surface area contributed by atoms with Gasteiger partial charge in [-0.2, -0.15) is 0 Å². The minimum Gasteiger partial charge on any atom is -0.352 e. The Balaban J connectivity index is 1.77. The van der Waals surface area contributed by atoms with Crippen molar-refractivity contribution in [2.75, 3.05) is 20.3 Å². The largest absolute Gasteiger partial charge is 0.352 e. The summed E-state index contributed by atoms with van der Waals surface area (Å²) in [5.41, 5.74) is 0. The maximum Gasteiger partial charge on any atom is 0.227 e. The van der Waals surface area contributed by atoms with Gasteiger partial charge in [-0.25, -0.2) is 0 Å². The van der Waals surface area contributed by atoms with Crippen molar-refractivity contribution in [3.05, 3.63) is 0 Å². The summed E-state index contributed by atoms with van der Waals surface area (Å²) in [5, 5.41) is 0. The number of carbonyl (C=O) groups excluding carboxylic acids is 1. The quantitative estimate of drug-likeness (QED) is 0.758. The van der Waals surface area contributed by atoms with E-state index in [9.17, 15) is 4.79 Å². The van der Waals surface area contributed by atoms with Gasteiger partial charge in [-0.1, -0.05) is 19.3 Å². The van der Waals surface area contributed by atoms with Crippen LogP contribution in [0.5, 0.6) is 0 Å². The molecule has 0 atom stereocenters. The van der Waals surface area contributed by atoms with Crippen molar-refractivity contribution in [2.45, 2.75) is 57.3 Å². The fourth-order valence-corrected chi connectivity index (χ4v) is 2.61. The lowest BCUT2D eigenvalue weighted by Crippen LogP contribution is -2.41. The third-order valence-electron chi connectivity index (χ3n) is 3.75. The minimum atomic E-state index is -0.317. The van der Waals surface area contributed by atoms with Gasteiger partial charge in [-0.3, -0.25) is 4.79 Å². The second kappa shape index (κ2) is 6.36. The van der Waals surface area contributed by atoms with Crippen LogP contribution in [0, 0.1) is 0 Å². The van der Waals surface area contributed by atoms with Gasteiger partial charge in [-0.15, -0.1) is 0 Å². The maximum atomic E-state index is 12.1. The molecule has 1 saturated heterocycles. The van der Waals surface area contributed by atoms with Crippen molar-refractivity contribution < 1.29 is 14.3 Å². The van der Waals surface area contributed by atoms with Gasteiger partial charge < -0.3 is 14.4 Å². The molecule has 0 radical (unpaired) electrons. The maximum absolute atomic E-state index is 12.1. The normalized spacial score (nSPS) is 23.6. The van der Waals surface area contributed by atoms with Crippen molar-refractivity contribution in [1.29, 1.82) is 0 Å². The molecule has 2 aliphatic rings. The lowest BCUT2D eigenvalue weighted by atomic mass is 9.94. The Morgan fingerprint density at radius 2 is 1.76 bits per heavy atom. The van der Waals surface area contributed by atoms with Crippen molar-refractivity contribution in [2.24, 2.45) is 0 Å². The zero-order valence-electron chi connectivity index (χ0n) is 10.7. The van der Waals surface area contributed by atoms with E-state index in [-0.39, 0.29) is 12.2 Å². The van der Waals surface area contributed by atoms with Crippen LogP contribution in [0.1, 0.15) is 44.9 Å². The summed E-state index contributed by atoms with van der Waals surface area (Å²) in [5.74, 6) is 0.156. The van der Waals surface area contributed by atoms with E-state index >= 15 is 0 Å². The summed E-state index contributed by atoms with van der Waals surface area (Å²) in [4.78, 5) is 14.0. The molecular formula is C13H23NO3. The highest BCUT2D eigenvalue weighted by Crippen LogP contribution is 2.22. The van der Waals surface area contributed by atoms with Crippen molar-refractivity contribution in [1.82, 2.24) is 4.90 Å². The molecule has 0 aromatic rings. The van der Waals surface area contributed by atoms with E-state index in [1.807, 2.05) is 11.9 Å². The summed E-state index contributed by atoms with van der Waals surface area (Å²) in [7, 11) is 1.92. The number of amides is 1. The van der Waals surface area contributed by atoms with E-state index in [1.54, 1.807) is 0 Å². The van der Waals surface area contributed by atoms with Gasteiger partial charge in [0.15, 0.2) is 6.29 Å². The summed E-state index contributed by atoms with van der Waals surface area (Å²) >= 11 is 0. The Morgan fingerprint density at radius 1 is 1.12 bits per heavy atom. The van der Waals surface area contributed by atoms with Gasteiger partial charge in [0.2, 0.25) is 5.91 Å². The molecule has 0 aromatic carbocycles. The Labute approximate surface area is 103 Å². The Kier molecular flexibility index (Phi) is 4.80. The number of rotatable bonds is 3. The van der Waals surface area contributed by atoms with E-state index in [0.717, 1.165) is 19.3 Å². The first-order valence-corrected chi connectivity index (χ1v) is 6.76. The number of hydrogen-bond donors (Lipinski definition) is 0. The molecule has 0 bridgehead atoms. The van der Waals surface area contributed by atoms with Gasteiger partial charge in [0, 0.05) is 13.1 Å². The van der Waals surface area contributed by atoms with Crippen LogP contribution in [-0.2, 0) is 14.3 Å². The second-order valence-corrected chi connectivity index (χ2v) is 5.03. The van der Waals surface area contributed by atoms with E-state index in [0.29, 0.717) is 25.7 Å². The summed E-state index contributed by atoms with van der Waals surface area (Å²) in [6.07, 6.45) is 7.09. The second-order valence-electron chi connectivity index (χ2n) is 5.03. The van der Waals surface area contributed by atoms with Crippen LogP contribution in [0.3, 0.4) is 0 Å². The predicted molar refractivity (Wildman–Crippen MR) is 64.6 cm³/mol. The third-order valence-corrected chi connectivity index (χ3v) is 3.75. The fourth-order valence-electron chi connectivity index (χ4n) is 2.61. The molecule has 2 fully saturated rings. The third kappa shape index (κ3) is 3.68. The van der Waals surface area contributed by atoms with Crippen LogP contribution < -0.4 is 0 Å². The fraction of sp³-hybridized carbons (Fsp3) is 0.923. The van der Waals surface area contributed by atoms with Gasteiger partial charge in [-0.05, 0) is 19.3 Å². The van der Waals surface area contributed by atoms with E-state index in [1.165, 1.54) is 19.3 Å². The van der Waals surface area contributed by atoms with Crippen LogP contribution in [-0.4, -0.2) is 43.4 Å². The lowest BCUT2D eigenvalue weighted by Gasteiger charge is -2.32. The molecule has 0 spiro atoms. The highest BCUT2D eigenvalue weighted by atomic mass is 16.7. The molecule has 4 nitrogen and oxygen atoms in total. The standard InChI is InChI=1S/C13H23NO3/c1-14(11-6-3-2-4-7-11)12(15)10-13-16-8-5-9-17-13/h11,13H,2-10H2,1H3. The molecule has 1 saturated carbocycles. The first kappa shape index (κ1) is 12.8. The SMILES string of the molecule is CN(C(=O)CC1OCCCO1)C1CCCCC1. The van der Waals surface area contributed by atoms with Crippen LogP contribution in [0.4, 0.5) is 0 Å². The Hall–Kier alpha value is -0.610. The monoisotopic (exact) mass is 241 g/mol. The summed E-state index contributed by atoms with van der Waals surface area (Å²) < 4.78 is 10.8. The predicted octanol–water partition coefficient (Wildman–Crippen LogP) is 1.93. The molecule has 0 N–H and O–H groups in total. The average Bonchev–Trinajstić information content (AvgIpc) is 2.40. The lowest BCUT2D eigenvalue weighted by molar-refractivity contribution is -0.187. The zero-order chi connectivity index (χ0) is 12.1. The molecule has 17 heavy (non-hydrogen) atoms. The molecule has 0 unspecified atom stereocenters. The van der Waals surface area contributed by atoms with E-state index in [2.05, 4.69) is 0 Å². The zero-order valence-corrected chi connectivity index (χ0v) is 10.7. The first-order chi connectivity index (χ1) is 8.27. The van der Waals surface area contributed by atoms with Gasteiger partial charge >= 0.3 is 0 Å². The highest BCUT2D eigenvalue weighted by Gasteiger charge is 2.25. The van der Waals surface area contributed by atoms with Crippen LogP contribution in [0.25, 0.3) is 0 Å². The van der Waals surface area contributed by atoms with Crippen LogP contribution in [0.15, 0.2) is 0 Å². The molecule has 4 heteroatoms. The molecular weight excluding hydrogens is 218 g/mol. The molecule has 98 valence electrons. The Morgan fingerprint density at radius 3 is 2.41 bits per heavy atom. The van der Waals surface area contributed by atoms with E-state index < -0.39 is 0 Å². The molecule has 1 amide bonds. The molecule has 1 aliphatic carbocycles. The van der Waals surface area contributed by atoms with Gasteiger partial charge in [0.25, 0.3) is 0 Å². The van der Waals surface area contributed by atoms with Crippen molar-refractivity contribution in [3.8, 4) is 0 Å². The Bertz CT molecular complexity index is 245. The van der Waals surface area contributed by atoms with Crippen molar-refractivity contribution >= 4 is 5.91 Å². The molecule has 1 heterocycles. The smallest absolute Gasteiger partial charge is 0.227 e. The first-order valence-electron chi connectivity index (χ1n) is 6.76. The molecule has 1 aliphatic heterocycles. The summed E-state index contributed by atoms with van der Waals surface area (Å²) in [6, 6.07) is 0.430. The topological polar surface area (TPSA) is 38.8 Å². The van der Waals surface area contributed by atoms with Crippen LogP contribution >= 0.6 is 0 Å². The van der Waals surface area contributed by atoms with Gasteiger partial charge in [0.05, 0.1) is 19.6 Å². The van der Waals surface area contributed by atoms with Gasteiger partial charge in [0.1, 0.15) is 0 Å². The van der Waals surface area contributed by atoms with Crippen molar-refractivity contribution in [3.63, 3.8) is 0 Å². The van der Waals surface area contributed by atoms with E-state index in [4.69, 9.17) is 9.47 Å². The number of carbonyl (C=O) groups is 1. The molecule has 0 aromatic heterocycles. The summed E-state index contributed by atoms with van der Waals surface area (Å²) in [6.45, 7) is 1.43. The number of hydrogen-bond acceptors (Lipinski definition) is 3. The minimum absolute atomic E-state index is 0.156. The highest BCUT2D eigenvalue weighted by molar-refractivity contribution is 5.76. The number of nitrogens with zero attached hydrogens (tertiary/aromatic N) is 1. The average molecular weight is 241 g/mol. The van der Waals surface area contributed by atoms with Crippen LogP contribution in [0.2, 0.25) is 0 Å².